The quantitative estimate of drug-likeness (QED) is 0.750. The topological polar surface area (TPSA) is 102 Å². The molecule has 4 rings (SSSR count). The summed E-state index contributed by atoms with van der Waals surface area (Å²) in [6, 6.07) is 8.27. The van der Waals surface area contributed by atoms with E-state index in [4.69, 9.17) is 4.74 Å². The van der Waals surface area contributed by atoms with Crippen molar-refractivity contribution in [3.05, 3.63) is 42.2 Å². The number of methoxy groups -OCH3 is 1. The molecule has 0 unspecified atom stereocenters. The van der Waals surface area contributed by atoms with E-state index in [1.54, 1.807) is 42.3 Å². The molecular formula is C17H15N5O3. The molecule has 1 aromatic carbocycles. The zero-order chi connectivity index (χ0) is 17.4. The fraction of sp³-hybridized carbons (Fsp3) is 0.176. The lowest BCUT2D eigenvalue weighted by atomic mass is 10.1. The van der Waals surface area contributed by atoms with Crippen LogP contribution in [0.1, 0.15) is 10.5 Å². The number of rotatable bonds is 3. The van der Waals surface area contributed by atoms with Gasteiger partial charge in [-0.3, -0.25) is 9.48 Å². The molecule has 1 amide bonds. The van der Waals surface area contributed by atoms with E-state index in [1.165, 1.54) is 6.07 Å². The summed E-state index contributed by atoms with van der Waals surface area (Å²) in [6.07, 6.45) is 1.59. The minimum atomic E-state index is -0.148. The molecule has 8 heteroatoms. The van der Waals surface area contributed by atoms with Crippen LogP contribution in [0.3, 0.4) is 0 Å². The number of phenolic OH excluding ortho intramolecular Hbond substituents is 1. The Morgan fingerprint density at radius 2 is 2.12 bits per heavy atom. The Morgan fingerprint density at radius 3 is 2.92 bits per heavy atom. The van der Waals surface area contributed by atoms with E-state index in [9.17, 15) is 9.90 Å². The van der Waals surface area contributed by atoms with Gasteiger partial charge in [-0.1, -0.05) is 0 Å². The second kappa shape index (κ2) is 5.90. The number of fused-ring (bicyclic) bond motifs is 1. The summed E-state index contributed by atoms with van der Waals surface area (Å²) in [5, 5.41) is 17.3. The third-order valence-corrected chi connectivity index (χ3v) is 3.98. The second-order valence-electron chi connectivity index (χ2n) is 5.54. The average Bonchev–Trinajstić information content (AvgIpc) is 3.08. The van der Waals surface area contributed by atoms with Crippen molar-refractivity contribution >= 4 is 5.91 Å². The first kappa shape index (κ1) is 15.1. The second-order valence-corrected chi connectivity index (χ2v) is 5.54. The normalized spacial score (nSPS) is 13.2. The van der Waals surface area contributed by atoms with Crippen LogP contribution in [0.15, 0.2) is 36.5 Å². The zero-order valence-electron chi connectivity index (χ0n) is 13.4. The van der Waals surface area contributed by atoms with E-state index in [0.29, 0.717) is 47.3 Å². The van der Waals surface area contributed by atoms with Crippen LogP contribution >= 0.6 is 0 Å². The predicted octanol–water partition coefficient (Wildman–Crippen LogP) is 1.46. The molecule has 2 N–H and O–H groups in total. The SMILES string of the molecule is COc1ccc(O)c(-c2nccc(-c3cc4n(n3)CCNC4=O)n2)c1. The number of hydrogen-bond donors (Lipinski definition) is 2. The van der Waals surface area contributed by atoms with E-state index < -0.39 is 0 Å². The highest BCUT2D eigenvalue weighted by Crippen LogP contribution is 2.31. The van der Waals surface area contributed by atoms with Crippen LogP contribution in [0.5, 0.6) is 11.5 Å². The maximum Gasteiger partial charge on any atom is 0.269 e. The van der Waals surface area contributed by atoms with Crippen LogP contribution in [0.25, 0.3) is 22.8 Å². The highest BCUT2D eigenvalue weighted by Gasteiger charge is 2.20. The van der Waals surface area contributed by atoms with E-state index >= 15 is 0 Å². The lowest BCUT2D eigenvalue weighted by molar-refractivity contribution is 0.0924. The Hall–Kier alpha value is -3.42. The Labute approximate surface area is 143 Å². The van der Waals surface area contributed by atoms with Crippen molar-refractivity contribution in [1.29, 1.82) is 0 Å². The van der Waals surface area contributed by atoms with Gasteiger partial charge in [0.15, 0.2) is 5.82 Å². The van der Waals surface area contributed by atoms with E-state index in [2.05, 4.69) is 20.4 Å². The summed E-state index contributed by atoms with van der Waals surface area (Å²) in [7, 11) is 1.55. The lowest BCUT2D eigenvalue weighted by Gasteiger charge is -2.13. The van der Waals surface area contributed by atoms with Gasteiger partial charge in [0.1, 0.15) is 22.9 Å². The summed E-state index contributed by atoms with van der Waals surface area (Å²) in [4.78, 5) is 20.6. The highest BCUT2D eigenvalue weighted by atomic mass is 16.5. The number of benzene rings is 1. The average molecular weight is 337 g/mol. The summed E-state index contributed by atoms with van der Waals surface area (Å²) in [5.74, 6) is 0.853. The predicted molar refractivity (Wildman–Crippen MR) is 89.2 cm³/mol. The molecule has 126 valence electrons. The van der Waals surface area contributed by atoms with Crippen LogP contribution in [0.2, 0.25) is 0 Å². The Bertz CT molecular complexity index is 967. The van der Waals surface area contributed by atoms with Crippen molar-refractivity contribution in [1.82, 2.24) is 25.1 Å². The molecule has 1 aliphatic rings. The number of carbonyl (C=O) groups excluding carboxylic acids is 1. The van der Waals surface area contributed by atoms with Gasteiger partial charge in [-0.2, -0.15) is 5.10 Å². The van der Waals surface area contributed by atoms with Gasteiger partial charge in [-0.25, -0.2) is 9.97 Å². The van der Waals surface area contributed by atoms with Crippen molar-refractivity contribution < 1.29 is 14.6 Å². The summed E-state index contributed by atoms with van der Waals surface area (Å²) >= 11 is 0. The van der Waals surface area contributed by atoms with Crippen molar-refractivity contribution in [2.75, 3.05) is 13.7 Å². The molecule has 3 heterocycles. The summed E-state index contributed by atoms with van der Waals surface area (Å²) in [6.45, 7) is 1.18. The molecule has 0 radical (unpaired) electrons. The summed E-state index contributed by atoms with van der Waals surface area (Å²) < 4.78 is 6.85. The van der Waals surface area contributed by atoms with Crippen LogP contribution in [0.4, 0.5) is 0 Å². The number of carbonyl (C=O) groups is 1. The molecule has 0 bridgehead atoms. The van der Waals surface area contributed by atoms with Crippen LogP contribution in [0, 0.1) is 0 Å². The lowest BCUT2D eigenvalue weighted by Crippen LogP contribution is -2.35. The molecule has 0 fully saturated rings. The van der Waals surface area contributed by atoms with Crippen molar-refractivity contribution in [3.63, 3.8) is 0 Å². The molecule has 1 aliphatic heterocycles. The number of amides is 1. The minimum absolute atomic E-state index is 0.0569. The molecular weight excluding hydrogens is 322 g/mol. The van der Waals surface area contributed by atoms with Gasteiger partial charge in [0.05, 0.1) is 24.9 Å². The molecule has 0 atom stereocenters. The van der Waals surface area contributed by atoms with E-state index in [1.807, 2.05) is 0 Å². The Morgan fingerprint density at radius 1 is 1.24 bits per heavy atom. The van der Waals surface area contributed by atoms with Gasteiger partial charge in [-0.15, -0.1) is 0 Å². The molecule has 0 spiro atoms. The third-order valence-electron chi connectivity index (χ3n) is 3.98. The highest BCUT2D eigenvalue weighted by molar-refractivity contribution is 5.94. The van der Waals surface area contributed by atoms with E-state index in [0.717, 1.165) is 0 Å². The number of nitrogens with one attached hydrogen (secondary N) is 1. The van der Waals surface area contributed by atoms with Gasteiger partial charge in [0, 0.05) is 12.7 Å². The van der Waals surface area contributed by atoms with Gasteiger partial charge in [0.2, 0.25) is 0 Å². The number of aromatic hydroxyl groups is 1. The fourth-order valence-electron chi connectivity index (χ4n) is 2.71. The number of hydrogen-bond acceptors (Lipinski definition) is 6. The summed E-state index contributed by atoms with van der Waals surface area (Å²) in [5.41, 5.74) is 2.12. The number of aromatic nitrogens is 4. The third kappa shape index (κ3) is 2.67. The maximum atomic E-state index is 11.9. The number of ether oxygens (including phenoxy) is 1. The molecule has 0 saturated carbocycles. The first-order valence-corrected chi connectivity index (χ1v) is 7.72. The zero-order valence-corrected chi connectivity index (χ0v) is 13.4. The van der Waals surface area contributed by atoms with Crippen molar-refractivity contribution in [2.24, 2.45) is 0 Å². The van der Waals surface area contributed by atoms with Crippen LogP contribution in [-0.2, 0) is 6.54 Å². The largest absolute Gasteiger partial charge is 0.507 e. The maximum absolute atomic E-state index is 11.9. The Kier molecular flexibility index (Phi) is 3.57. The number of phenols is 1. The first-order valence-electron chi connectivity index (χ1n) is 7.72. The van der Waals surface area contributed by atoms with E-state index in [-0.39, 0.29) is 11.7 Å². The molecule has 8 nitrogen and oxygen atoms in total. The minimum Gasteiger partial charge on any atom is -0.507 e. The molecule has 25 heavy (non-hydrogen) atoms. The fourth-order valence-corrected chi connectivity index (χ4v) is 2.71. The van der Waals surface area contributed by atoms with Crippen molar-refractivity contribution in [2.45, 2.75) is 6.54 Å². The van der Waals surface area contributed by atoms with Gasteiger partial charge in [-0.05, 0) is 30.3 Å². The van der Waals surface area contributed by atoms with Crippen molar-refractivity contribution in [3.8, 4) is 34.3 Å². The van der Waals surface area contributed by atoms with Gasteiger partial charge in [0.25, 0.3) is 5.91 Å². The Balaban J connectivity index is 1.77. The number of nitrogens with zero attached hydrogens (tertiary/aromatic N) is 4. The van der Waals surface area contributed by atoms with Crippen LogP contribution in [-0.4, -0.2) is 44.4 Å². The standard InChI is InChI=1S/C17H15N5O3/c1-25-10-2-3-15(23)11(8-10)16-18-5-4-12(20-16)13-9-14-17(24)19-6-7-22(14)21-13/h2-5,8-9,23H,6-7H2,1H3,(H,19,24). The van der Waals surface area contributed by atoms with Gasteiger partial charge >= 0.3 is 0 Å². The van der Waals surface area contributed by atoms with Gasteiger partial charge < -0.3 is 15.2 Å². The molecule has 2 aromatic heterocycles. The first-order chi connectivity index (χ1) is 12.2. The molecule has 0 aliphatic carbocycles. The monoisotopic (exact) mass is 337 g/mol. The smallest absolute Gasteiger partial charge is 0.269 e. The van der Waals surface area contributed by atoms with Crippen LogP contribution < -0.4 is 10.1 Å². The molecule has 3 aromatic rings. The molecule has 0 saturated heterocycles.